The molecule has 22 heavy (non-hydrogen) atoms. The van der Waals surface area contributed by atoms with Crippen molar-refractivity contribution in [3.05, 3.63) is 41.5 Å². The van der Waals surface area contributed by atoms with Gasteiger partial charge >= 0.3 is 43.7 Å². The molecule has 0 aliphatic rings. The van der Waals surface area contributed by atoms with Crippen LogP contribution in [-0.4, -0.2) is 11.3 Å². The Labute approximate surface area is 156 Å². The minimum absolute atomic E-state index is 0.903. The summed E-state index contributed by atoms with van der Waals surface area (Å²) >= 11 is -2.13. The van der Waals surface area contributed by atoms with Gasteiger partial charge in [0.25, 0.3) is 0 Å². The molecule has 0 aromatic heterocycles. The van der Waals surface area contributed by atoms with Crippen molar-refractivity contribution in [1.82, 2.24) is 0 Å². The molecule has 0 nitrogen and oxygen atoms in total. The van der Waals surface area contributed by atoms with Crippen LogP contribution in [0, 0.1) is 13.8 Å². The fraction of sp³-hybridized carbons (Fsp3) is 0.471. The van der Waals surface area contributed by atoms with Crippen LogP contribution in [0.1, 0.15) is 38.8 Å². The molecule has 0 aliphatic carbocycles. The van der Waals surface area contributed by atoms with Crippen molar-refractivity contribution < 1.29 is 18.2 Å². The normalized spacial score (nSPS) is 10.1. The molecule has 0 bridgehead atoms. The van der Waals surface area contributed by atoms with Crippen molar-refractivity contribution in [2.24, 2.45) is 0 Å². The second-order valence-corrected chi connectivity index (χ2v) is 19.6. The Kier molecular flexibility index (Phi) is 13.0. The standard InChI is InChI=1S/C11H11.C6H15P.3ClH.Zr/c1-8-6-7-9(2)11-5-3-4-10(8)11;1-5(2)7-6(3)4;;;;/h3-7H,1-2H3;5-7H,1-4H3;3*1H;/q-1;;;;;+3/p-3. The summed E-state index contributed by atoms with van der Waals surface area (Å²) in [4.78, 5) is 0. The third-order valence-corrected chi connectivity index (χ3v) is 4.25. The van der Waals surface area contributed by atoms with Crippen molar-refractivity contribution in [3.63, 3.8) is 0 Å². The molecule has 0 radical (unpaired) electrons. The summed E-state index contributed by atoms with van der Waals surface area (Å²) in [6.45, 7) is 13.4. The van der Waals surface area contributed by atoms with Crippen LogP contribution in [0.15, 0.2) is 30.3 Å². The first-order valence-corrected chi connectivity index (χ1v) is 18.0. The third-order valence-electron chi connectivity index (χ3n) is 2.92. The van der Waals surface area contributed by atoms with Crippen LogP contribution in [0.4, 0.5) is 0 Å². The van der Waals surface area contributed by atoms with Gasteiger partial charge in [0.05, 0.1) is 0 Å². The SMILES string of the molecule is CC(C)PC(C)C.Cc1ccc(C)c2[cH-]ccc12.[Cl][Zr]([Cl])[Cl]. The molecule has 0 spiro atoms. The molecule has 0 N–H and O–H groups in total. The van der Waals surface area contributed by atoms with Gasteiger partial charge in [0, 0.05) is 0 Å². The summed E-state index contributed by atoms with van der Waals surface area (Å²) in [7, 11) is 16.2. The first-order chi connectivity index (χ1) is 10.1. The average Bonchev–Trinajstić information content (AvgIpc) is 2.82. The molecule has 0 saturated heterocycles. The van der Waals surface area contributed by atoms with E-state index in [1.165, 1.54) is 21.9 Å². The zero-order valence-corrected chi connectivity index (χ0v) is 19.9. The van der Waals surface area contributed by atoms with Crippen molar-refractivity contribution >= 4 is 44.9 Å². The maximum atomic E-state index is 5.00. The molecule has 0 saturated carbocycles. The first kappa shape index (κ1) is 23.0. The van der Waals surface area contributed by atoms with E-state index in [0.29, 0.717) is 0 Å². The molecular weight excluding hydrogens is 433 g/mol. The van der Waals surface area contributed by atoms with E-state index in [0.717, 1.165) is 19.9 Å². The van der Waals surface area contributed by atoms with Gasteiger partial charge in [-0.05, 0) is 18.2 Å². The zero-order valence-electron chi connectivity index (χ0n) is 14.2. The van der Waals surface area contributed by atoms with Gasteiger partial charge < -0.3 is 0 Å². The molecule has 0 unspecified atom stereocenters. The van der Waals surface area contributed by atoms with Gasteiger partial charge in [-0.1, -0.05) is 46.2 Å². The van der Waals surface area contributed by atoms with Crippen molar-refractivity contribution in [1.29, 1.82) is 0 Å². The summed E-state index contributed by atoms with van der Waals surface area (Å²) in [5, 5.41) is 2.79. The summed E-state index contributed by atoms with van der Waals surface area (Å²) in [6, 6.07) is 10.8. The Morgan fingerprint density at radius 2 is 1.36 bits per heavy atom. The molecule has 0 fully saturated rings. The fourth-order valence-corrected chi connectivity index (χ4v) is 3.54. The quantitative estimate of drug-likeness (QED) is 0.319. The second-order valence-electron chi connectivity index (χ2n) is 5.74. The van der Waals surface area contributed by atoms with Gasteiger partial charge in [0.2, 0.25) is 0 Å². The molecule has 0 heterocycles. The molecule has 2 aromatic rings. The van der Waals surface area contributed by atoms with Crippen LogP contribution in [0.25, 0.3) is 10.8 Å². The first-order valence-electron chi connectivity index (χ1n) is 7.36. The number of aryl methyl sites for hydroxylation is 2. The number of hydrogen-bond acceptors (Lipinski definition) is 0. The summed E-state index contributed by atoms with van der Waals surface area (Å²) < 4.78 is 0. The summed E-state index contributed by atoms with van der Waals surface area (Å²) in [5.74, 6) is 0. The molecule has 0 atom stereocenters. The topological polar surface area (TPSA) is 0 Å². The predicted octanol–water partition coefficient (Wildman–Crippen LogP) is 7.72. The van der Waals surface area contributed by atoms with E-state index >= 15 is 0 Å². The van der Waals surface area contributed by atoms with Gasteiger partial charge in [-0.3, -0.25) is 0 Å². The number of hydrogen-bond donors (Lipinski definition) is 0. The maximum absolute atomic E-state index is 5.00. The Morgan fingerprint density at radius 3 is 1.73 bits per heavy atom. The second kappa shape index (κ2) is 12.4. The van der Waals surface area contributed by atoms with E-state index in [1.807, 2.05) is 0 Å². The average molecular weight is 459 g/mol. The molecule has 2 aromatic carbocycles. The Bertz CT molecular complexity index is 491. The van der Waals surface area contributed by atoms with Crippen molar-refractivity contribution in [2.75, 3.05) is 0 Å². The van der Waals surface area contributed by atoms with Gasteiger partial charge in [0.15, 0.2) is 0 Å². The molecule has 0 amide bonds. The summed E-state index contributed by atoms with van der Waals surface area (Å²) in [6.07, 6.45) is 0. The predicted molar refractivity (Wildman–Crippen MR) is 105 cm³/mol. The van der Waals surface area contributed by atoms with Crippen molar-refractivity contribution in [3.8, 4) is 0 Å². The van der Waals surface area contributed by atoms with Crippen LogP contribution in [0.3, 0.4) is 0 Å². The molecule has 5 heteroatoms. The fourth-order valence-electron chi connectivity index (χ4n) is 2.20. The Morgan fingerprint density at radius 1 is 0.909 bits per heavy atom. The number of benzene rings is 1. The van der Waals surface area contributed by atoms with Gasteiger partial charge in [-0.2, -0.15) is 12.1 Å². The van der Waals surface area contributed by atoms with E-state index in [-0.39, 0.29) is 0 Å². The van der Waals surface area contributed by atoms with Crippen LogP contribution >= 0.6 is 34.1 Å². The van der Waals surface area contributed by atoms with Crippen LogP contribution in [0.2, 0.25) is 0 Å². The van der Waals surface area contributed by atoms with Gasteiger partial charge in [0.1, 0.15) is 0 Å². The van der Waals surface area contributed by atoms with Crippen LogP contribution in [0.5, 0.6) is 0 Å². The number of fused-ring (bicyclic) bond motifs is 1. The molecule has 0 aliphatic heterocycles. The van der Waals surface area contributed by atoms with E-state index < -0.39 is 18.2 Å². The van der Waals surface area contributed by atoms with E-state index in [4.69, 9.17) is 25.5 Å². The number of rotatable bonds is 2. The van der Waals surface area contributed by atoms with Crippen molar-refractivity contribution in [2.45, 2.75) is 52.9 Å². The monoisotopic (exact) mass is 456 g/mol. The van der Waals surface area contributed by atoms with E-state index in [9.17, 15) is 0 Å². The van der Waals surface area contributed by atoms with E-state index in [2.05, 4.69) is 71.9 Å². The Balaban J connectivity index is 0.000000348. The van der Waals surface area contributed by atoms with Crippen LogP contribution in [-0.2, 0) is 18.2 Å². The molecule has 2 rings (SSSR count). The van der Waals surface area contributed by atoms with E-state index in [1.54, 1.807) is 0 Å². The zero-order chi connectivity index (χ0) is 17.3. The number of halogens is 3. The molecule has 125 valence electrons. The molecular formula is C17H26Cl3PZr-. The minimum atomic E-state index is -2.13. The van der Waals surface area contributed by atoms with Crippen LogP contribution < -0.4 is 0 Å². The van der Waals surface area contributed by atoms with Gasteiger partial charge in [-0.15, -0.1) is 37.0 Å². The third kappa shape index (κ3) is 10.7. The summed E-state index contributed by atoms with van der Waals surface area (Å²) in [5.41, 5.74) is 4.55. The Hall–Kier alpha value is 1.01. The van der Waals surface area contributed by atoms with Gasteiger partial charge in [-0.25, -0.2) is 0 Å².